The molecule has 0 aliphatic carbocycles. The summed E-state index contributed by atoms with van der Waals surface area (Å²) >= 11 is 1.70. The highest BCUT2D eigenvalue weighted by molar-refractivity contribution is 7.99. The Morgan fingerprint density at radius 1 is 1.22 bits per heavy atom. The third kappa shape index (κ3) is 2.04. The number of aryl methyl sites for hydroxylation is 1. The SMILES string of the molecule is Cc1cc(N)ccc1Sc1ccn2ncnc2c1. The van der Waals surface area contributed by atoms with Gasteiger partial charge in [-0.2, -0.15) is 5.10 Å². The Hall–Kier alpha value is -2.01. The van der Waals surface area contributed by atoms with E-state index in [9.17, 15) is 0 Å². The molecule has 0 amide bonds. The van der Waals surface area contributed by atoms with Crippen LogP contribution in [0.1, 0.15) is 5.56 Å². The molecular formula is C13H12N4S. The van der Waals surface area contributed by atoms with Crippen molar-refractivity contribution in [3.63, 3.8) is 0 Å². The zero-order chi connectivity index (χ0) is 12.5. The first kappa shape index (κ1) is 11.1. The molecule has 4 nitrogen and oxygen atoms in total. The van der Waals surface area contributed by atoms with Crippen LogP contribution in [-0.2, 0) is 0 Å². The molecule has 0 radical (unpaired) electrons. The molecule has 3 rings (SSSR count). The van der Waals surface area contributed by atoms with Gasteiger partial charge in [0, 0.05) is 21.7 Å². The summed E-state index contributed by atoms with van der Waals surface area (Å²) in [6.45, 7) is 2.06. The second kappa shape index (κ2) is 4.34. The minimum absolute atomic E-state index is 0.796. The van der Waals surface area contributed by atoms with E-state index in [1.165, 1.54) is 10.5 Å². The van der Waals surface area contributed by atoms with Gasteiger partial charge in [0.15, 0.2) is 5.65 Å². The van der Waals surface area contributed by atoms with Gasteiger partial charge in [-0.3, -0.25) is 0 Å². The number of hydrogen-bond donors (Lipinski definition) is 1. The van der Waals surface area contributed by atoms with Crippen LogP contribution in [0.2, 0.25) is 0 Å². The summed E-state index contributed by atoms with van der Waals surface area (Å²) in [4.78, 5) is 6.52. The molecule has 2 aromatic heterocycles. The molecule has 0 atom stereocenters. The van der Waals surface area contributed by atoms with Crippen LogP contribution < -0.4 is 5.73 Å². The summed E-state index contributed by atoms with van der Waals surface area (Å²) in [7, 11) is 0. The van der Waals surface area contributed by atoms with Crippen LogP contribution in [-0.4, -0.2) is 14.6 Å². The zero-order valence-corrected chi connectivity index (χ0v) is 10.7. The lowest BCUT2D eigenvalue weighted by Gasteiger charge is -2.06. The smallest absolute Gasteiger partial charge is 0.156 e. The van der Waals surface area contributed by atoms with Gasteiger partial charge >= 0.3 is 0 Å². The Balaban J connectivity index is 1.95. The van der Waals surface area contributed by atoms with Crippen LogP contribution in [0.4, 0.5) is 5.69 Å². The van der Waals surface area contributed by atoms with Crippen molar-refractivity contribution in [2.75, 3.05) is 5.73 Å². The first-order valence-electron chi connectivity index (χ1n) is 5.56. The highest BCUT2D eigenvalue weighted by atomic mass is 32.2. The summed E-state index contributed by atoms with van der Waals surface area (Å²) < 4.78 is 1.75. The van der Waals surface area contributed by atoms with Crippen molar-refractivity contribution in [1.29, 1.82) is 0 Å². The number of nitrogens with two attached hydrogens (primary N) is 1. The Bertz CT molecular complexity index is 705. The summed E-state index contributed by atoms with van der Waals surface area (Å²) in [5.74, 6) is 0. The van der Waals surface area contributed by atoms with Gasteiger partial charge in [-0.15, -0.1) is 0 Å². The predicted molar refractivity (Wildman–Crippen MR) is 72.7 cm³/mol. The van der Waals surface area contributed by atoms with Gasteiger partial charge < -0.3 is 5.73 Å². The molecule has 1 aromatic carbocycles. The van der Waals surface area contributed by atoms with Crippen LogP contribution in [0.25, 0.3) is 5.65 Å². The Labute approximate surface area is 109 Å². The molecule has 2 heterocycles. The Morgan fingerprint density at radius 3 is 2.94 bits per heavy atom. The number of hydrogen-bond acceptors (Lipinski definition) is 4. The third-order valence-corrected chi connectivity index (χ3v) is 3.85. The third-order valence-electron chi connectivity index (χ3n) is 2.68. The number of pyridine rings is 1. The van der Waals surface area contributed by atoms with Crippen LogP contribution in [0, 0.1) is 6.92 Å². The highest BCUT2D eigenvalue weighted by Gasteiger charge is 2.03. The molecule has 0 bridgehead atoms. The molecule has 0 saturated carbocycles. The normalized spacial score (nSPS) is 10.9. The van der Waals surface area contributed by atoms with Crippen molar-refractivity contribution >= 4 is 23.1 Å². The van der Waals surface area contributed by atoms with Gasteiger partial charge in [0.2, 0.25) is 0 Å². The largest absolute Gasteiger partial charge is 0.399 e. The first-order chi connectivity index (χ1) is 8.72. The van der Waals surface area contributed by atoms with E-state index in [2.05, 4.69) is 17.0 Å². The lowest BCUT2D eigenvalue weighted by atomic mass is 10.2. The molecule has 0 aliphatic rings. The molecule has 18 heavy (non-hydrogen) atoms. The average Bonchev–Trinajstić information content (AvgIpc) is 2.80. The Kier molecular flexibility index (Phi) is 2.68. The predicted octanol–water partition coefficient (Wildman–Crippen LogP) is 2.77. The van der Waals surface area contributed by atoms with Crippen molar-refractivity contribution in [3.8, 4) is 0 Å². The molecule has 0 fully saturated rings. The maximum Gasteiger partial charge on any atom is 0.156 e. The molecule has 0 saturated heterocycles. The maximum absolute atomic E-state index is 5.75. The summed E-state index contributed by atoms with van der Waals surface area (Å²) in [5, 5.41) is 4.08. The van der Waals surface area contributed by atoms with Crippen molar-refractivity contribution in [3.05, 3.63) is 48.4 Å². The van der Waals surface area contributed by atoms with Crippen molar-refractivity contribution < 1.29 is 0 Å². The van der Waals surface area contributed by atoms with E-state index in [1.54, 1.807) is 22.6 Å². The molecule has 2 N–H and O–H groups in total. The second-order valence-electron chi connectivity index (χ2n) is 4.05. The highest BCUT2D eigenvalue weighted by Crippen LogP contribution is 2.31. The zero-order valence-electron chi connectivity index (χ0n) is 9.87. The number of nitrogens with zero attached hydrogens (tertiary/aromatic N) is 3. The fraction of sp³-hybridized carbons (Fsp3) is 0.0769. The standard InChI is InChI=1S/C13H12N4S/c1-9-6-10(14)2-3-12(9)18-11-4-5-17-13(7-11)15-8-16-17/h2-8H,14H2,1H3. The van der Waals surface area contributed by atoms with Crippen molar-refractivity contribution in [2.45, 2.75) is 16.7 Å². The fourth-order valence-electron chi connectivity index (χ4n) is 1.77. The number of fused-ring (bicyclic) bond motifs is 1. The van der Waals surface area contributed by atoms with E-state index >= 15 is 0 Å². The molecule has 0 aliphatic heterocycles. The van der Waals surface area contributed by atoms with E-state index in [0.29, 0.717) is 0 Å². The van der Waals surface area contributed by atoms with Crippen molar-refractivity contribution in [1.82, 2.24) is 14.6 Å². The van der Waals surface area contributed by atoms with Crippen LogP contribution in [0.5, 0.6) is 0 Å². The number of nitrogen functional groups attached to an aromatic ring is 1. The minimum Gasteiger partial charge on any atom is -0.399 e. The van der Waals surface area contributed by atoms with Gasteiger partial charge in [0.05, 0.1) is 0 Å². The maximum atomic E-state index is 5.75. The first-order valence-corrected chi connectivity index (χ1v) is 6.37. The van der Waals surface area contributed by atoms with E-state index in [1.807, 2.05) is 36.5 Å². The number of benzene rings is 1. The van der Waals surface area contributed by atoms with Gasteiger partial charge in [-0.25, -0.2) is 9.50 Å². The van der Waals surface area contributed by atoms with Gasteiger partial charge in [-0.05, 0) is 42.8 Å². The van der Waals surface area contributed by atoms with Gasteiger partial charge in [-0.1, -0.05) is 11.8 Å². The molecule has 3 aromatic rings. The molecule has 0 spiro atoms. The number of anilines is 1. The molecular weight excluding hydrogens is 244 g/mol. The van der Waals surface area contributed by atoms with Gasteiger partial charge in [0.1, 0.15) is 6.33 Å². The molecule has 0 unspecified atom stereocenters. The number of rotatable bonds is 2. The van der Waals surface area contributed by atoms with E-state index < -0.39 is 0 Å². The van der Waals surface area contributed by atoms with E-state index in [0.717, 1.165) is 16.2 Å². The molecule has 90 valence electrons. The molecule has 5 heteroatoms. The topological polar surface area (TPSA) is 56.2 Å². The lowest BCUT2D eigenvalue weighted by molar-refractivity contribution is 0.953. The van der Waals surface area contributed by atoms with Crippen LogP contribution in [0.3, 0.4) is 0 Å². The minimum atomic E-state index is 0.796. The fourth-order valence-corrected chi connectivity index (χ4v) is 2.68. The summed E-state index contributed by atoms with van der Waals surface area (Å²) in [6.07, 6.45) is 3.47. The summed E-state index contributed by atoms with van der Waals surface area (Å²) in [5.41, 5.74) is 8.58. The number of aromatic nitrogens is 3. The van der Waals surface area contributed by atoms with E-state index in [-0.39, 0.29) is 0 Å². The van der Waals surface area contributed by atoms with Crippen LogP contribution >= 0.6 is 11.8 Å². The lowest BCUT2D eigenvalue weighted by Crippen LogP contribution is -1.88. The average molecular weight is 256 g/mol. The second-order valence-corrected chi connectivity index (χ2v) is 5.17. The monoisotopic (exact) mass is 256 g/mol. The van der Waals surface area contributed by atoms with Gasteiger partial charge in [0.25, 0.3) is 0 Å². The van der Waals surface area contributed by atoms with Crippen molar-refractivity contribution in [2.24, 2.45) is 0 Å². The van der Waals surface area contributed by atoms with Crippen LogP contribution in [0.15, 0.2) is 52.6 Å². The quantitative estimate of drug-likeness (QED) is 0.716. The summed E-state index contributed by atoms with van der Waals surface area (Å²) in [6, 6.07) is 10.0. The van der Waals surface area contributed by atoms with E-state index in [4.69, 9.17) is 5.73 Å². The Morgan fingerprint density at radius 2 is 2.11 bits per heavy atom.